The number of benzene rings is 1. The van der Waals surface area contributed by atoms with Gasteiger partial charge in [-0.3, -0.25) is 9.59 Å². The standard InChI is InChI=1S/C17H25N3O3/c1-12(13-3-2-8-19-10-13)9-17(22)20-14-4-6-15(7-5-14)23-11-16(18)21/h4-7,12-13,19H,2-3,8-11H2,1H3,(H2,18,21)(H,20,22). The molecule has 0 radical (unpaired) electrons. The molecule has 2 atom stereocenters. The molecule has 0 bridgehead atoms. The zero-order valence-corrected chi connectivity index (χ0v) is 13.5. The van der Waals surface area contributed by atoms with Crippen LogP contribution < -0.4 is 21.1 Å². The summed E-state index contributed by atoms with van der Waals surface area (Å²) in [5, 5.41) is 6.28. The van der Waals surface area contributed by atoms with E-state index in [0.29, 0.717) is 24.0 Å². The molecule has 2 amide bonds. The van der Waals surface area contributed by atoms with Crippen LogP contribution in [0, 0.1) is 11.8 Å². The van der Waals surface area contributed by atoms with E-state index in [1.807, 2.05) is 0 Å². The number of carbonyl (C=O) groups is 2. The van der Waals surface area contributed by atoms with Gasteiger partial charge < -0.3 is 21.1 Å². The summed E-state index contributed by atoms with van der Waals surface area (Å²) in [4.78, 5) is 22.8. The fourth-order valence-electron chi connectivity index (χ4n) is 2.82. The maximum Gasteiger partial charge on any atom is 0.255 e. The van der Waals surface area contributed by atoms with E-state index in [1.54, 1.807) is 24.3 Å². The molecular formula is C17H25N3O3. The summed E-state index contributed by atoms with van der Waals surface area (Å²) in [6.45, 7) is 4.07. The first-order chi connectivity index (χ1) is 11.0. The average molecular weight is 319 g/mol. The van der Waals surface area contributed by atoms with E-state index in [0.717, 1.165) is 18.8 Å². The van der Waals surface area contributed by atoms with Gasteiger partial charge in [-0.2, -0.15) is 0 Å². The lowest BCUT2D eigenvalue weighted by Crippen LogP contribution is -2.34. The smallest absolute Gasteiger partial charge is 0.255 e. The van der Waals surface area contributed by atoms with Crippen LogP contribution in [-0.4, -0.2) is 31.5 Å². The number of carbonyl (C=O) groups excluding carboxylic acids is 2. The number of hydrogen-bond donors (Lipinski definition) is 3. The quantitative estimate of drug-likeness (QED) is 0.710. The van der Waals surface area contributed by atoms with Crippen LogP contribution in [0.5, 0.6) is 5.75 Å². The molecule has 1 heterocycles. The van der Waals surface area contributed by atoms with Gasteiger partial charge >= 0.3 is 0 Å². The van der Waals surface area contributed by atoms with Gasteiger partial charge in [0.1, 0.15) is 5.75 Å². The third kappa shape index (κ3) is 5.90. The number of ether oxygens (including phenoxy) is 1. The number of nitrogens with one attached hydrogen (secondary N) is 2. The largest absolute Gasteiger partial charge is 0.484 e. The monoisotopic (exact) mass is 319 g/mol. The Labute approximate surface area is 136 Å². The first-order valence-corrected chi connectivity index (χ1v) is 8.06. The molecular weight excluding hydrogens is 294 g/mol. The lowest BCUT2D eigenvalue weighted by Gasteiger charge is -2.28. The predicted molar refractivity (Wildman–Crippen MR) is 89.1 cm³/mol. The number of piperidine rings is 1. The average Bonchev–Trinajstić information content (AvgIpc) is 2.55. The van der Waals surface area contributed by atoms with Gasteiger partial charge in [0.05, 0.1) is 0 Å². The number of primary amides is 1. The molecule has 0 saturated carbocycles. The highest BCUT2D eigenvalue weighted by molar-refractivity contribution is 5.90. The third-order valence-corrected chi connectivity index (χ3v) is 4.17. The highest BCUT2D eigenvalue weighted by atomic mass is 16.5. The van der Waals surface area contributed by atoms with E-state index < -0.39 is 5.91 Å². The first-order valence-electron chi connectivity index (χ1n) is 8.06. The second-order valence-corrected chi connectivity index (χ2v) is 6.12. The zero-order valence-electron chi connectivity index (χ0n) is 13.5. The van der Waals surface area contributed by atoms with E-state index >= 15 is 0 Å². The molecule has 1 aromatic carbocycles. The molecule has 0 spiro atoms. The van der Waals surface area contributed by atoms with Crippen LogP contribution in [0.15, 0.2) is 24.3 Å². The molecule has 1 fully saturated rings. The van der Waals surface area contributed by atoms with Crippen LogP contribution in [0.3, 0.4) is 0 Å². The molecule has 6 heteroatoms. The summed E-state index contributed by atoms with van der Waals surface area (Å²) in [7, 11) is 0. The second kappa shape index (κ2) is 8.53. The van der Waals surface area contributed by atoms with E-state index in [4.69, 9.17) is 10.5 Å². The molecule has 0 aliphatic carbocycles. The summed E-state index contributed by atoms with van der Waals surface area (Å²) in [5.41, 5.74) is 5.74. The maximum atomic E-state index is 12.1. The van der Waals surface area contributed by atoms with Crippen LogP contribution >= 0.6 is 0 Å². The molecule has 2 unspecified atom stereocenters. The summed E-state index contributed by atoms with van der Waals surface area (Å²) in [5.74, 6) is 0.978. The Morgan fingerprint density at radius 2 is 2.13 bits per heavy atom. The van der Waals surface area contributed by atoms with Crippen LogP contribution in [0.4, 0.5) is 5.69 Å². The minimum Gasteiger partial charge on any atom is -0.484 e. The molecule has 1 saturated heterocycles. The molecule has 126 valence electrons. The molecule has 0 aromatic heterocycles. The fraction of sp³-hybridized carbons (Fsp3) is 0.529. The summed E-state index contributed by atoms with van der Waals surface area (Å²) in [6, 6.07) is 6.90. The Morgan fingerprint density at radius 3 is 2.74 bits per heavy atom. The van der Waals surface area contributed by atoms with Crippen LogP contribution in [0.2, 0.25) is 0 Å². The van der Waals surface area contributed by atoms with E-state index in [-0.39, 0.29) is 12.5 Å². The van der Waals surface area contributed by atoms with Crippen molar-refractivity contribution < 1.29 is 14.3 Å². The number of anilines is 1. The molecule has 1 aliphatic rings. The highest BCUT2D eigenvalue weighted by Gasteiger charge is 2.21. The molecule has 23 heavy (non-hydrogen) atoms. The second-order valence-electron chi connectivity index (χ2n) is 6.12. The van der Waals surface area contributed by atoms with Crippen molar-refractivity contribution >= 4 is 17.5 Å². The Morgan fingerprint density at radius 1 is 1.39 bits per heavy atom. The van der Waals surface area contributed by atoms with Crippen molar-refractivity contribution in [3.05, 3.63) is 24.3 Å². The van der Waals surface area contributed by atoms with Gasteiger partial charge in [0.2, 0.25) is 5.91 Å². The van der Waals surface area contributed by atoms with E-state index in [9.17, 15) is 9.59 Å². The lowest BCUT2D eigenvalue weighted by atomic mass is 9.85. The van der Waals surface area contributed by atoms with Crippen molar-refractivity contribution in [1.82, 2.24) is 5.32 Å². The van der Waals surface area contributed by atoms with Crippen molar-refractivity contribution in [2.24, 2.45) is 17.6 Å². The fourth-order valence-corrected chi connectivity index (χ4v) is 2.82. The Bertz CT molecular complexity index is 524. The maximum absolute atomic E-state index is 12.1. The van der Waals surface area contributed by atoms with E-state index in [2.05, 4.69) is 17.6 Å². The first kappa shape index (κ1) is 17.3. The van der Waals surface area contributed by atoms with Crippen LogP contribution in [0.1, 0.15) is 26.2 Å². The number of nitrogens with two attached hydrogens (primary N) is 1. The van der Waals surface area contributed by atoms with Gasteiger partial charge in [0.15, 0.2) is 6.61 Å². The number of rotatable bonds is 7. The molecule has 4 N–H and O–H groups in total. The van der Waals surface area contributed by atoms with Gasteiger partial charge in [0.25, 0.3) is 5.91 Å². The van der Waals surface area contributed by atoms with Gasteiger partial charge in [0, 0.05) is 12.1 Å². The van der Waals surface area contributed by atoms with Gasteiger partial charge in [-0.15, -0.1) is 0 Å². The van der Waals surface area contributed by atoms with Gasteiger partial charge in [-0.25, -0.2) is 0 Å². The third-order valence-electron chi connectivity index (χ3n) is 4.17. The SMILES string of the molecule is CC(CC(=O)Nc1ccc(OCC(N)=O)cc1)C1CCCNC1. The van der Waals surface area contributed by atoms with Crippen molar-refractivity contribution in [1.29, 1.82) is 0 Å². The summed E-state index contributed by atoms with van der Waals surface area (Å²) < 4.78 is 5.18. The molecule has 1 aromatic rings. The Balaban J connectivity index is 1.79. The Hall–Kier alpha value is -2.08. The normalized spacial score (nSPS) is 18.9. The minimum absolute atomic E-state index is 0.0221. The molecule has 6 nitrogen and oxygen atoms in total. The topological polar surface area (TPSA) is 93.4 Å². The predicted octanol–water partition coefficient (Wildman–Crippen LogP) is 1.51. The molecule has 1 aliphatic heterocycles. The van der Waals surface area contributed by atoms with Crippen LogP contribution in [0.25, 0.3) is 0 Å². The molecule has 2 rings (SSSR count). The Kier molecular flexibility index (Phi) is 6.40. The summed E-state index contributed by atoms with van der Waals surface area (Å²) >= 11 is 0. The van der Waals surface area contributed by atoms with Crippen molar-refractivity contribution in [3.8, 4) is 5.75 Å². The minimum atomic E-state index is -0.520. The highest BCUT2D eigenvalue weighted by Crippen LogP contribution is 2.23. The summed E-state index contributed by atoms with van der Waals surface area (Å²) in [6.07, 6.45) is 2.89. The van der Waals surface area contributed by atoms with Crippen LogP contribution in [-0.2, 0) is 9.59 Å². The van der Waals surface area contributed by atoms with Gasteiger partial charge in [-0.1, -0.05) is 6.92 Å². The van der Waals surface area contributed by atoms with Crippen molar-refractivity contribution in [2.45, 2.75) is 26.2 Å². The van der Waals surface area contributed by atoms with E-state index in [1.165, 1.54) is 12.8 Å². The van der Waals surface area contributed by atoms with Crippen molar-refractivity contribution in [2.75, 3.05) is 25.0 Å². The number of hydrogen-bond acceptors (Lipinski definition) is 4. The van der Waals surface area contributed by atoms with Gasteiger partial charge in [-0.05, 0) is 62.0 Å². The lowest BCUT2D eigenvalue weighted by molar-refractivity contribution is -0.120. The zero-order chi connectivity index (χ0) is 16.7. The number of amides is 2. The van der Waals surface area contributed by atoms with Crippen molar-refractivity contribution in [3.63, 3.8) is 0 Å².